The lowest BCUT2D eigenvalue weighted by molar-refractivity contribution is 0.0853. The summed E-state index contributed by atoms with van der Waals surface area (Å²) in [6.07, 6.45) is 5.98. The summed E-state index contributed by atoms with van der Waals surface area (Å²) in [6.45, 7) is 3.57. The fourth-order valence-corrected chi connectivity index (χ4v) is 3.70. The van der Waals surface area contributed by atoms with Crippen molar-refractivity contribution < 1.29 is 4.74 Å². The molecule has 2 aromatic rings. The fraction of sp³-hybridized carbons (Fsp3) is 0.625. The molecule has 0 bridgehead atoms. The molecule has 2 N–H and O–H groups in total. The molecule has 4 rings (SSSR count). The second kappa shape index (κ2) is 5.85. The first-order valence-corrected chi connectivity index (χ1v) is 8.21. The molecule has 2 saturated heterocycles. The highest BCUT2D eigenvalue weighted by Gasteiger charge is 2.22. The number of aromatic nitrogens is 3. The highest BCUT2D eigenvalue weighted by molar-refractivity contribution is 5.71. The van der Waals surface area contributed by atoms with Crippen LogP contribution in [-0.2, 0) is 4.74 Å². The smallest absolute Gasteiger partial charge is 0.327 e. The maximum atomic E-state index is 12.4. The Bertz CT molecular complexity index is 708. The van der Waals surface area contributed by atoms with E-state index in [-0.39, 0.29) is 11.7 Å². The molecule has 0 amide bonds. The molecular formula is C16H22N4O2. The van der Waals surface area contributed by atoms with Gasteiger partial charge in [0, 0.05) is 25.5 Å². The van der Waals surface area contributed by atoms with E-state index in [0.717, 1.165) is 57.5 Å². The van der Waals surface area contributed by atoms with Crippen LogP contribution < -0.4 is 11.0 Å². The number of imidazole rings is 1. The Balaban J connectivity index is 1.75. The predicted molar refractivity (Wildman–Crippen MR) is 84.3 cm³/mol. The van der Waals surface area contributed by atoms with Gasteiger partial charge in [0.25, 0.3) is 0 Å². The minimum atomic E-state index is -0.0291. The van der Waals surface area contributed by atoms with Gasteiger partial charge in [-0.15, -0.1) is 0 Å². The van der Waals surface area contributed by atoms with Gasteiger partial charge in [-0.3, -0.25) is 9.55 Å². The number of hydrogen-bond acceptors (Lipinski definition) is 4. The molecule has 118 valence electrons. The maximum Gasteiger partial charge on any atom is 0.327 e. The van der Waals surface area contributed by atoms with Crippen LogP contribution >= 0.6 is 0 Å². The summed E-state index contributed by atoms with van der Waals surface area (Å²) in [4.78, 5) is 19.8. The Hall–Kier alpha value is -1.66. The quantitative estimate of drug-likeness (QED) is 0.883. The lowest BCUT2D eigenvalue weighted by atomic mass is 9.93. The first-order chi connectivity index (χ1) is 10.8. The van der Waals surface area contributed by atoms with Gasteiger partial charge < -0.3 is 10.1 Å². The third-order valence-corrected chi connectivity index (χ3v) is 4.96. The zero-order chi connectivity index (χ0) is 14.9. The molecule has 4 heterocycles. The molecule has 0 radical (unpaired) electrons. The molecule has 0 spiro atoms. The zero-order valence-corrected chi connectivity index (χ0v) is 12.7. The van der Waals surface area contributed by atoms with E-state index < -0.39 is 0 Å². The topological polar surface area (TPSA) is 71.9 Å². The average molecular weight is 302 g/mol. The number of aromatic amines is 1. The van der Waals surface area contributed by atoms with Crippen molar-refractivity contribution in [3.05, 3.63) is 28.3 Å². The van der Waals surface area contributed by atoms with Gasteiger partial charge in [0.05, 0.1) is 5.52 Å². The van der Waals surface area contributed by atoms with Gasteiger partial charge >= 0.3 is 5.69 Å². The number of nitrogens with one attached hydrogen (secondary N) is 2. The van der Waals surface area contributed by atoms with Crippen LogP contribution in [0, 0.1) is 0 Å². The van der Waals surface area contributed by atoms with Crippen LogP contribution in [0.2, 0.25) is 0 Å². The van der Waals surface area contributed by atoms with Crippen molar-refractivity contribution in [1.29, 1.82) is 0 Å². The predicted octanol–water partition coefficient (Wildman–Crippen LogP) is 1.54. The first kappa shape index (κ1) is 14.0. The number of hydrogen-bond donors (Lipinski definition) is 2. The Labute approximate surface area is 128 Å². The van der Waals surface area contributed by atoms with E-state index in [0.29, 0.717) is 11.6 Å². The number of rotatable bonds is 2. The van der Waals surface area contributed by atoms with E-state index in [1.165, 1.54) is 5.56 Å². The summed E-state index contributed by atoms with van der Waals surface area (Å²) >= 11 is 0. The molecule has 6 heteroatoms. The van der Waals surface area contributed by atoms with Crippen molar-refractivity contribution in [2.24, 2.45) is 0 Å². The monoisotopic (exact) mass is 302 g/mol. The highest BCUT2D eigenvalue weighted by Crippen LogP contribution is 2.29. The van der Waals surface area contributed by atoms with Crippen molar-refractivity contribution in [3.8, 4) is 0 Å². The van der Waals surface area contributed by atoms with Gasteiger partial charge in [0.1, 0.15) is 0 Å². The molecule has 0 saturated carbocycles. The number of fused-ring (bicyclic) bond motifs is 1. The summed E-state index contributed by atoms with van der Waals surface area (Å²) in [5, 5.41) is 3.35. The van der Waals surface area contributed by atoms with Crippen LogP contribution in [0.15, 0.2) is 17.1 Å². The van der Waals surface area contributed by atoms with Crippen LogP contribution in [0.4, 0.5) is 0 Å². The van der Waals surface area contributed by atoms with Crippen LogP contribution in [-0.4, -0.2) is 40.8 Å². The average Bonchev–Trinajstić information content (AvgIpc) is 2.91. The third-order valence-electron chi connectivity index (χ3n) is 4.96. The van der Waals surface area contributed by atoms with E-state index in [9.17, 15) is 4.79 Å². The van der Waals surface area contributed by atoms with Crippen molar-refractivity contribution in [1.82, 2.24) is 19.9 Å². The normalized spacial score (nSPS) is 21.5. The lowest BCUT2D eigenvalue weighted by Crippen LogP contribution is -2.33. The molecule has 2 aliphatic heterocycles. The number of nitrogens with zero attached hydrogens (tertiary/aromatic N) is 2. The summed E-state index contributed by atoms with van der Waals surface area (Å²) in [5.41, 5.74) is 2.87. The maximum absolute atomic E-state index is 12.4. The second-order valence-electron chi connectivity index (χ2n) is 6.30. The van der Waals surface area contributed by atoms with E-state index >= 15 is 0 Å². The van der Waals surface area contributed by atoms with Crippen molar-refractivity contribution >= 4 is 11.2 Å². The largest absolute Gasteiger partial charge is 0.381 e. The lowest BCUT2D eigenvalue weighted by Gasteiger charge is -2.24. The van der Waals surface area contributed by atoms with Gasteiger partial charge in [0.15, 0.2) is 5.65 Å². The summed E-state index contributed by atoms with van der Waals surface area (Å²) in [5.74, 6) is 0.497. The Morgan fingerprint density at radius 3 is 2.73 bits per heavy atom. The van der Waals surface area contributed by atoms with E-state index in [1.54, 1.807) is 0 Å². The fourth-order valence-electron chi connectivity index (χ4n) is 3.70. The summed E-state index contributed by atoms with van der Waals surface area (Å²) in [7, 11) is 0. The van der Waals surface area contributed by atoms with Gasteiger partial charge in [-0.05, 0) is 56.3 Å². The Morgan fingerprint density at radius 2 is 1.95 bits per heavy atom. The standard InChI is InChI=1S/C16H22N4O2/c21-16-19-15-14(20(16)13-1-5-17-6-2-13)9-12(10-18-15)11-3-7-22-8-4-11/h9-11,13,17H,1-8H2,(H,18,19,21). The second-order valence-corrected chi connectivity index (χ2v) is 6.30. The SMILES string of the molecule is O=c1[nH]c2ncc(C3CCOCC3)cc2n1C1CCNCC1. The molecule has 0 atom stereocenters. The van der Waals surface area contributed by atoms with Gasteiger partial charge in [-0.2, -0.15) is 0 Å². The summed E-state index contributed by atoms with van der Waals surface area (Å²) < 4.78 is 7.37. The summed E-state index contributed by atoms with van der Waals surface area (Å²) in [6, 6.07) is 2.44. The zero-order valence-electron chi connectivity index (χ0n) is 12.7. The number of piperidine rings is 1. The van der Waals surface area contributed by atoms with Crippen molar-refractivity contribution in [2.75, 3.05) is 26.3 Å². The Morgan fingerprint density at radius 1 is 1.18 bits per heavy atom. The highest BCUT2D eigenvalue weighted by atomic mass is 16.5. The van der Waals surface area contributed by atoms with E-state index in [4.69, 9.17) is 4.74 Å². The van der Waals surface area contributed by atoms with Gasteiger partial charge in [0.2, 0.25) is 0 Å². The van der Waals surface area contributed by atoms with E-state index in [1.807, 2.05) is 10.8 Å². The molecule has 22 heavy (non-hydrogen) atoms. The van der Waals surface area contributed by atoms with Crippen molar-refractivity contribution in [3.63, 3.8) is 0 Å². The molecule has 0 aliphatic carbocycles. The van der Waals surface area contributed by atoms with E-state index in [2.05, 4.69) is 21.4 Å². The van der Waals surface area contributed by atoms with Crippen LogP contribution in [0.25, 0.3) is 11.2 Å². The third kappa shape index (κ3) is 2.46. The molecule has 0 aromatic carbocycles. The molecule has 0 unspecified atom stereocenters. The number of H-pyrrole nitrogens is 1. The van der Waals surface area contributed by atoms with Crippen LogP contribution in [0.5, 0.6) is 0 Å². The van der Waals surface area contributed by atoms with Crippen LogP contribution in [0.3, 0.4) is 0 Å². The van der Waals surface area contributed by atoms with Crippen LogP contribution in [0.1, 0.15) is 43.2 Å². The van der Waals surface area contributed by atoms with Crippen molar-refractivity contribution in [2.45, 2.75) is 37.6 Å². The first-order valence-electron chi connectivity index (χ1n) is 8.21. The molecule has 2 aliphatic rings. The molecule has 6 nitrogen and oxygen atoms in total. The minimum Gasteiger partial charge on any atom is -0.381 e. The number of ether oxygens (including phenoxy) is 1. The van der Waals surface area contributed by atoms with Gasteiger partial charge in [-0.1, -0.05) is 0 Å². The van der Waals surface area contributed by atoms with Gasteiger partial charge in [-0.25, -0.2) is 9.78 Å². The number of pyridine rings is 1. The minimum absolute atomic E-state index is 0.0291. The molecule has 2 aromatic heterocycles. The Kier molecular flexibility index (Phi) is 3.72. The molecule has 2 fully saturated rings. The molecular weight excluding hydrogens is 280 g/mol.